The van der Waals surface area contributed by atoms with Crippen molar-refractivity contribution >= 4 is 49.7 Å². The third kappa shape index (κ3) is 4.79. The Morgan fingerprint density at radius 1 is 1.18 bits per heavy atom. The van der Waals surface area contributed by atoms with Gasteiger partial charge < -0.3 is 14.7 Å². The van der Waals surface area contributed by atoms with Crippen molar-refractivity contribution in [3.63, 3.8) is 0 Å². The molecule has 1 heterocycles. The van der Waals surface area contributed by atoms with Crippen LogP contribution in [0.25, 0.3) is 10.2 Å². The standard InChI is InChI=1S/C20H24ClN4O2S/c1-3-25(11-12-26)16-6-4-15(5-7-16)22-23-20-24(2)18-9-8-17(27-13-10-21)14-19(18)28-20/h4-9,14,26H,3,10-13H2,1-2H3/q+1. The molecule has 0 saturated carbocycles. The Kier molecular flexibility index (Phi) is 7.19. The van der Waals surface area contributed by atoms with Crippen LogP contribution in [0.4, 0.5) is 16.5 Å². The summed E-state index contributed by atoms with van der Waals surface area (Å²) in [5.74, 6) is 1.27. The summed E-state index contributed by atoms with van der Waals surface area (Å²) in [6.45, 7) is 4.15. The SMILES string of the molecule is CCN(CCO)c1ccc(N=Nc2sc3cc(OCCCl)ccc3[n+]2C)cc1. The van der Waals surface area contributed by atoms with E-state index in [4.69, 9.17) is 21.4 Å². The minimum Gasteiger partial charge on any atom is -0.492 e. The number of alkyl halides is 1. The summed E-state index contributed by atoms with van der Waals surface area (Å²) in [4.78, 5) is 2.11. The highest BCUT2D eigenvalue weighted by molar-refractivity contribution is 7.21. The number of benzene rings is 2. The van der Waals surface area contributed by atoms with Crippen LogP contribution in [-0.2, 0) is 7.05 Å². The zero-order valence-corrected chi connectivity index (χ0v) is 17.6. The van der Waals surface area contributed by atoms with Crippen molar-refractivity contribution < 1.29 is 14.4 Å². The van der Waals surface area contributed by atoms with Crippen LogP contribution >= 0.6 is 22.9 Å². The number of hydrogen-bond acceptors (Lipinski definition) is 6. The average Bonchev–Trinajstić information content (AvgIpc) is 3.04. The first-order valence-corrected chi connectivity index (χ1v) is 10.5. The molecule has 0 fully saturated rings. The number of azo groups is 1. The number of halogens is 1. The van der Waals surface area contributed by atoms with Crippen molar-refractivity contribution in [1.29, 1.82) is 0 Å². The fraction of sp³-hybridized carbons (Fsp3) is 0.350. The fourth-order valence-corrected chi connectivity index (χ4v) is 3.95. The van der Waals surface area contributed by atoms with E-state index in [2.05, 4.69) is 22.1 Å². The second-order valence-corrected chi connectivity index (χ2v) is 7.52. The summed E-state index contributed by atoms with van der Waals surface area (Å²) in [5, 5.41) is 18.8. The van der Waals surface area contributed by atoms with Gasteiger partial charge in [-0.25, -0.2) is 4.57 Å². The summed E-state index contributed by atoms with van der Waals surface area (Å²) in [7, 11) is 1.98. The molecule has 28 heavy (non-hydrogen) atoms. The van der Waals surface area contributed by atoms with E-state index in [9.17, 15) is 0 Å². The molecular weight excluding hydrogens is 396 g/mol. The van der Waals surface area contributed by atoms with Gasteiger partial charge in [0.15, 0.2) is 0 Å². The van der Waals surface area contributed by atoms with Crippen LogP contribution < -0.4 is 14.2 Å². The molecule has 0 radical (unpaired) electrons. The van der Waals surface area contributed by atoms with E-state index in [1.807, 2.05) is 54.1 Å². The Hall–Kier alpha value is -2.22. The van der Waals surface area contributed by atoms with Crippen molar-refractivity contribution in [1.82, 2.24) is 0 Å². The monoisotopic (exact) mass is 419 g/mol. The van der Waals surface area contributed by atoms with Crippen LogP contribution in [0, 0.1) is 0 Å². The minimum absolute atomic E-state index is 0.135. The smallest absolute Gasteiger partial charge is 0.409 e. The third-order valence-corrected chi connectivity index (χ3v) is 5.58. The van der Waals surface area contributed by atoms with E-state index in [-0.39, 0.29) is 6.61 Å². The number of likely N-dealkylation sites (N-methyl/N-ethyl adjacent to an activating group) is 1. The van der Waals surface area contributed by atoms with E-state index >= 15 is 0 Å². The van der Waals surface area contributed by atoms with Gasteiger partial charge in [0.2, 0.25) is 0 Å². The number of nitrogens with zero attached hydrogens (tertiary/aromatic N) is 4. The third-order valence-electron chi connectivity index (χ3n) is 4.34. The van der Waals surface area contributed by atoms with Crippen LogP contribution in [0.15, 0.2) is 52.7 Å². The summed E-state index contributed by atoms with van der Waals surface area (Å²) in [5.41, 5.74) is 2.93. The summed E-state index contributed by atoms with van der Waals surface area (Å²) >= 11 is 7.24. The molecule has 1 aromatic heterocycles. The van der Waals surface area contributed by atoms with Gasteiger partial charge in [-0.3, -0.25) is 0 Å². The van der Waals surface area contributed by atoms with E-state index in [1.54, 1.807) is 11.3 Å². The van der Waals surface area contributed by atoms with Gasteiger partial charge in [0, 0.05) is 24.8 Å². The second-order valence-electron chi connectivity index (χ2n) is 6.13. The first-order chi connectivity index (χ1) is 13.7. The van der Waals surface area contributed by atoms with Crippen molar-refractivity contribution in [3.05, 3.63) is 42.5 Å². The largest absolute Gasteiger partial charge is 0.492 e. The Labute approximate surface area is 173 Å². The van der Waals surface area contributed by atoms with Crippen LogP contribution in [0.5, 0.6) is 5.75 Å². The maximum Gasteiger partial charge on any atom is 0.409 e. The first kappa shape index (κ1) is 20.5. The lowest BCUT2D eigenvalue weighted by molar-refractivity contribution is -0.627. The van der Waals surface area contributed by atoms with Gasteiger partial charge in [0.1, 0.15) is 23.6 Å². The first-order valence-electron chi connectivity index (χ1n) is 9.15. The molecule has 0 aliphatic heterocycles. The molecule has 3 rings (SSSR count). The van der Waals surface area contributed by atoms with Gasteiger partial charge in [0.25, 0.3) is 0 Å². The Bertz CT molecular complexity index is 943. The van der Waals surface area contributed by atoms with E-state index in [1.165, 1.54) is 0 Å². The molecular formula is C20H24ClN4O2S+. The average molecular weight is 420 g/mol. The van der Waals surface area contributed by atoms with Gasteiger partial charge in [0.05, 0.1) is 29.3 Å². The minimum atomic E-state index is 0.135. The summed E-state index contributed by atoms with van der Waals surface area (Å²) in [6, 6.07) is 13.8. The number of hydrogen-bond donors (Lipinski definition) is 1. The zero-order chi connectivity index (χ0) is 19.9. The molecule has 0 spiro atoms. The molecule has 0 saturated heterocycles. The second kappa shape index (κ2) is 9.82. The Balaban J connectivity index is 1.78. The highest BCUT2D eigenvalue weighted by atomic mass is 35.5. The molecule has 8 heteroatoms. The Morgan fingerprint density at radius 2 is 1.96 bits per heavy atom. The molecule has 148 valence electrons. The van der Waals surface area contributed by atoms with Crippen molar-refractivity contribution in [2.75, 3.05) is 37.1 Å². The van der Waals surface area contributed by atoms with Crippen molar-refractivity contribution in [3.8, 4) is 5.75 Å². The van der Waals surface area contributed by atoms with Crippen molar-refractivity contribution in [2.45, 2.75) is 6.92 Å². The predicted octanol–water partition coefficient (Wildman–Crippen LogP) is 4.58. The topological polar surface area (TPSA) is 61.3 Å². The van der Waals surface area contributed by atoms with Gasteiger partial charge in [-0.2, -0.15) is 0 Å². The van der Waals surface area contributed by atoms with Crippen LogP contribution in [0.3, 0.4) is 0 Å². The highest BCUT2D eigenvalue weighted by Crippen LogP contribution is 2.30. The van der Waals surface area contributed by atoms with E-state index < -0.39 is 0 Å². The molecule has 2 aromatic carbocycles. The van der Waals surface area contributed by atoms with E-state index in [0.717, 1.165) is 39.0 Å². The molecule has 6 nitrogen and oxygen atoms in total. The summed E-state index contributed by atoms with van der Waals surface area (Å²) in [6.07, 6.45) is 0. The molecule has 3 aromatic rings. The van der Waals surface area contributed by atoms with Crippen LogP contribution in [0.2, 0.25) is 0 Å². The zero-order valence-electron chi connectivity index (χ0n) is 16.0. The lowest BCUT2D eigenvalue weighted by Crippen LogP contribution is -2.25. The predicted molar refractivity (Wildman–Crippen MR) is 115 cm³/mol. The number of thiazole rings is 1. The number of aryl methyl sites for hydroxylation is 1. The number of rotatable bonds is 9. The number of aliphatic hydroxyl groups is 1. The number of anilines is 1. The molecule has 0 aliphatic rings. The number of fused-ring (bicyclic) bond motifs is 1. The lowest BCUT2D eigenvalue weighted by atomic mass is 10.2. The molecule has 0 atom stereocenters. The maximum absolute atomic E-state index is 9.15. The van der Waals surface area contributed by atoms with Crippen molar-refractivity contribution in [2.24, 2.45) is 17.3 Å². The fourth-order valence-electron chi connectivity index (χ4n) is 2.88. The van der Waals surface area contributed by atoms with Gasteiger partial charge >= 0.3 is 5.13 Å². The maximum atomic E-state index is 9.15. The highest BCUT2D eigenvalue weighted by Gasteiger charge is 2.16. The van der Waals surface area contributed by atoms with Crippen LogP contribution in [0.1, 0.15) is 6.92 Å². The van der Waals surface area contributed by atoms with Gasteiger partial charge in [-0.15, -0.1) is 11.6 Å². The number of ether oxygens (including phenoxy) is 1. The quantitative estimate of drug-likeness (QED) is 0.314. The van der Waals surface area contributed by atoms with E-state index in [0.29, 0.717) is 19.0 Å². The number of aliphatic hydroxyl groups excluding tert-OH is 1. The normalized spacial score (nSPS) is 11.4. The number of aromatic nitrogens is 1. The molecule has 0 unspecified atom stereocenters. The molecule has 0 amide bonds. The van der Waals surface area contributed by atoms with Crippen LogP contribution in [-0.4, -0.2) is 37.3 Å². The lowest BCUT2D eigenvalue weighted by Gasteiger charge is -2.21. The van der Waals surface area contributed by atoms with Gasteiger partial charge in [-0.1, -0.05) is 0 Å². The molecule has 1 N–H and O–H groups in total. The van der Waals surface area contributed by atoms with Gasteiger partial charge in [-0.05, 0) is 59.8 Å². The summed E-state index contributed by atoms with van der Waals surface area (Å²) < 4.78 is 8.69. The molecule has 0 bridgehead atoms. The Morgan fingerprint density at radius 3 is 2.64 bits per heavy atom. The molecule has 0 aliphatic carbocycles.